The molecule has 0 saturated heterocycles. The van der Waals surface area contributed by atoms with Crippen LogP contribution in [0.3, 0.4) is 0 Å². The maximum Gasteiger partial charge on any atom is 0.137 e. The SMILES string of the molecule is C=CC[NH+](CCCCCC)CCOc1cccc(C(=O)[O-])c1. The lowest BCUT2D eigenvalue weighted by Crippen LogP contribution is -3.12. The minimum absolute atomic E-state index is 0.146. The average molecular weight is 305 g/mol. The van der Waals surface area contributed by atoms with Crippen LogP contribution in [0, 0.1) is 0 Å². The first-order valence-corrected chi connectivity index (χ1v) is 8.06. The van der Waals surface area contributed by atoms with Crippen LogP contribution < -0.4 is 14.7 Å². The topological polar surface area (TPSA) is 53.8 Å². The van der Waals surface area contributed by atoms with E-state index in [2.05, 4.69) is 13.5 Å². The predicted molar refractivity (Wildman–Crippen MR) is 86.2 cm³/mol. The Balaban J connectivity index is 2.36. The fraction of sp³-hybridized carbons (Fsp3) is 0.500. The molecule has 0 aliphatic carbocycles. The summed E-state index contributed by atoms with van der Waals surface area (Å²) in [6.45, 7) is 9.51. The average Bonchev–Trinajstić information content (AvgIpc) is 2.51. The number of aromatic carboxylic acids is 1. The summed E-state index contributed by atoms with van der Waals surface area (Å²) in [5.74, 6) is -0.606. The number of benzene rings is 1. The number of hydrogen-bond acceptors (Lipinski definition) is 3. The first-order valence-electron chi connectivity index (χ1n) is 8.06. The predicted octanol–water partition coefficient (Wildman–Crippen LogP) is 1.08. The molecule has 1 aromatic rings. The molecule has 0 heterocycles. The highest BCUT2D eigenvalue weighted by molar-refractivity contribution is 5.86. The van der Waals surface area contributed by atoms with Gasteiger partial charge in [-0.15, -0.1) is 0 Å². The summed E-state index contributed by atoms with van der Waals surface area (Å²) in [5.41, 5.74) is 0.146. The molecule has 4 heteroatoms. The molecule has 4 nitrogen and oxygen atoms in total. The van der Waals surface area contributed by atoms with E-state index in [4.69, 9.17) is 4.74 Å². The van der Waals surface area contributed by atoms with Crippen molar-refractivity contribution < 1.29 is 19.5 Å². The van der Waals surface area contributed by atoms with E-state index in [1.54, 1.807) is 12.1 Å². The Morgan fingerprint density at radius 3 is 2.82 bits per heavy atom. The highest BCUT2D eigenvalue weighted by atomic mass is 16.5. The summed E-state index contributed by atoms with van der Waals surface area (Å²) < 4.78 is 5.65. The van der Waals surface area contributed by atoms with Gasteiger partial charge in [-0.1, -0.05) is 38.5 Å². The molecule has 1 rings (SSSR count). The van der Waals surface area contributed by atoms with Crippen LogP contribution in [-0.4, -0.2) is 32.2 Å². The second-order valence-corrected chi connectivity index (χ2v) is 5.47. The summed E-state index contributed by atoms with van der Waals surface area (Å²) in [7, 11) is 0. The van der Waals surface area contributed by atoms with Gasteiger partial charge in [-0.25, -0.2) is 0 Å². The van der Waals surface area contributed by atoms with Crippen molar-refractivity contribution in [3.63, 3.8) is 0 Å². The Hall–Kier alpha value is -1.81. The zero-order valence-corrected chi connectivity index (χ0v) is 13.5. The van der Waals surface area contributed by atoms with Crippen LogP contribution >= 0.6 is 0 Å². The van der Waals surface area contributed by atoms with E-state index in [1.807, 2.05) is 6.08 Å². The van der Waals surface area contributed by atoms with Crippen molar-refractivity contribution in [1.29, 1.82) is 0 Å². The molecular weight excluding hydrogens is 278 g/mol. The van der Waals surface area contributed by atoms with Crippen molar-refractivity contribution >= 4 is 5.97 Å². The number of carboxylic acids is 1. The standard InChI is InChI=1S/C18H27NO3/c1-3-5-6-7-12-19(11-4-2)13-14-22-17-10-8-9-16(15-17)18(20)21/h4,8-10,15H,2-3,5-7,11-14H2,1H3,(H,20,21). The number of carbonyl (C=O) groups excluding carboxylic acids is 1. The molecule has 0 aliphatic rings. The van der Waals surface area contributed by atoms with Gasteiger partial charge in [-0.2, -0.15) is 0 Å². The lowest BCUT2D eigenvalue weighted by Gasteiger charge is -2.18. The molecule has 0 bridgehead atoms. The van der Waals surface area contributed by atoms with Gasteiger partial charge in [0.1, 0.15) is 18.9 Å². The molecule has 1 unspecified atom stereocenters. The molecule has 0 aromatic heterocycles. The number of hydrogen-bond donors (Lipinski definition) is 1. The number of rotatable bonds is 12. The fourth-order valence-electron chi connectivity index (χ4n) is 2.36. The largest absolute Gasteiger partial charge is 0.545 e. The van der Waals surface area contributed by atoms with Crippen molar-refractivity contribution in [3.05, 3.63) is 42.5 Å². The maximum absolute atomic E-state index is 10.8. The van der Waals surface area contributed by atoms with Gasteiger partial charge in [0.05, 0.1) is 19.1 Å². The maximum atomic E-state index is 10.8. The van der Waals surface area contributed by atoms with Gasteiger partial charge in [0.25, 0.3) is 0 Å². The normalized spacial score (nSPS) is 11.9. The Morgan fingerprint density at radius 1 is 1.32 bits per heavy atom. The van der Waals surface area contributed by atoms with E-state index >= 15 is 0 Å². The Kier molecular flexibility index (Phi) is 9.00. The first-order chi connectivity index (χ1) is 10.7. The van der Waals surface area contributed by atoms with Gasteiger partial charge in [0, 0.05) is 5.56 Å². The van der Waals surface area contributed by atoms with E-state index in [0.29, 0.717) is 12.4 Å². The van der Waals surface area contributed by atoms with Crippen LogP contribution in [0.15, 0.2) is 36.9 Å². The minimum atomic E-state index is -1.18. The summed E-state index contributed by atoms with van der Waals surface area (Å²) in [4.78, 5) is 12.3. The number of quaternary nitrogens is 1. The summed E-state index contributed by atoms with van der Waals surface area (Å²) >= 11 is 0. The van der Waals surface area contributed by atoms with Crippen molar-refractivity contribution in [1.82, 2.24) is 0 Å². The molecule has 0 radical (unpaired) electrons. The van der Waals surface area contributed by atoms with E-state index < -0.39 is 5.97 Å². The monoisotopic (exact) mass is 305 g/mol. The number of unbranched alkanes of at least 4 members (excludes halogenated alkanes) is 3. The molecule has 1 N–H and O–H groups in total. The molecule has 0 spiro atoms. The molecule has 22 heavy (non-hydrogen) atoms. The summed E-state index contributed by atoms with van der Waals surface area (Å²) in [6.07, 6.45) is 6.96. The van der Waals surface area contributed by atoms with E-state index in [0.717, 1.165) is 19.6 Å². The Labute approximate surface area is 133 Å². The van der Waals surface area contributed by atoms with Crippen LogP contribution in [0.1, 0.15) is 43.0 Å². The molecule has 0 fully saturated rings. The van der Waals surface area contributed by atoms with E-state index in [9.17, 15) is 9.90 Å². The number of nitrogens with one attached hydrogen (secondary N) is 1. The summed E-state index contributed by atoms with van der Waals surface area (Å²) in [5, 5.41) is 10.8. The minimum Gasteiger partial charge on any atom is -0.545 e. The molecule has 0 saturated carbocycles. The first kappa shape index (κ1) is 18.2. The van der Waals surface area contributed by atoms with E-state index in [1.165, 1.54) is 42.7 Å². The number of ether oxygens (including phenoxy) is 1. The van der Waals surface area contributed by atoms with Crippen molar-refractivity contribution in [2.75, 3.05) is 26.2 Å². The zero-order chi connectivity index (χ0) is 16.2. The Bertz CT molecular complexity index is 459. The smallest absolute Gasteiger partial charge is 0.137 e. The molecule has 0 amide bonds. The second kappa shape index (κ2) is 10.9. The van der Waals surface area contributed by atoms with Crippen molar-refractivity contribution in [2.24, 2.45) is 0 Å². The number of carbonyl (C=O) groups is 1. The molecule has 1 atom stereocenters. The van der Waals surface area contributed by atoms with Gasteiger partial charge in [-0.05, 0) is 31.1 Å². The third-order valence-corrected chi connectivity index (χ3v) is 3.61. The van der Waals surface area contributed by atoms with Crippen molar-refractivity contribution in [2.45, 2.75) is 32.6 Å². The van der Waals surface area contributed by atoms with Gasteiger partial charge in [0.15, 0.2) is 0 Å². The van der Waals surface area contributed by atoms with Crippen molar-refractivity contribution in [3.8, 4) is 5.75 Å². The van der Waals surface area contributed by atoms with Gasteiger partial charge < -0.3 is 19.5 Å². The molecule has 0 aliphatic heterocycles. The van der Waals surface area contributed by atoms with Crippen LogP contribution in [0.5, 0.6) is 5.75 Å². The van der Waals surface area contributed by atoms with Crippen LogP contribution in [0.25, 0.3) is 0 Å². The zero-order valence-electron chi connectivity index (χ0n) is 13.5. The quantitative estimate of drug-likeness (QED) is 0.464. The van der Waals surface area contributed by atoms with Gasteiger partial charge in [0.2, 0.25) is 0 Å². The molecule has 122 valence electrons. The fourth-order valence-corrected chi connectivity index (χ4v) is 2.36. The third-order valence-electron chi connectivity index (χ3n) is 3.61. The molecular formula is C18H27NO3. The highest BCUT2D eigenvalue weighted by Gasteiger charge is 2.07. The van der Waals surface area contributed by atoms with Crippen LogP contribution in [-0.2, 0) is 0 Å². The van der Waals surface area contributed by atoms with Crippen LogP contribution in [0.2, 0.25) is 0 Å². The Morgan fingerprint density at radius 2 is 2.14 bits per heavy atom. The van der Waals surface area contributed by atoms with Gasteiger partial charge in [-0.3, -0.25) is 0 Å². The third kappa shape index (κ3) is 7.27. The highest BCUT2D eigenvalue weighted by Crippen LogP contribution is 2.12. The second-order valence-electron chi connectivity index (χ2n) is 5.47. The summed E-state index contributed by atoms with van der Waals surface area (Å²) in [6, 6.07) is 6.44. The number of carboxylic acid groups (broad SMARTS) is 1. The van der Waals surface area contributed by atoms with E-state index in [-0.39, 0.29) is 5.56 Å². The lowest BCUT2D eigenvalue weighted by atomic mass is 10.2. The van der Waals surface area contributed by atoms with Gasteiger partial charge >= 0.3 is 0 Å². The van der Waals surface area contributed by atoms with Crippen LogP contribution in [0.4, 0.5) is 0 Å². The molecule has 1 aromatic carbocycles. The lowest BCUT2D eigenvalue weighted by molar-refractivity contribution is -0.894.